The number of urea groups is 1. The van der Waals surface area contributed by atoms with Crippen molar-refractivity contribution in [2.75, 3.05) is 6.54 Å². The Hall–Kier alpha value is -2.47. The van der Waals surface area contributed by atoms with Crippen molar-refractivity contribution in [3.05, 3.63) is 64.7 Å². The van der Waals surface area contributed by atoms with Crippen molar-refractivity contribution in [1.29, 1.82) is 0 Å². The quantitative estimate of drug-likeness (QED) is 0.865. The lowest BCUT2D eigenvalue weighted by Crippen LogP contribution is -2.41. The Kier molecular flexibility index (Phi) is 4.24. The van der Waals surface area contributed by atoms with E-state index < -0.39 is 23.3 Å². The molecular weight excluding hydrogens is 333 g/mol. The first-order valence-electron chi connectivity index (χ1n) is 7.40. The first-order chi connectivity index (χ1) is 11.4. The molecule has 0 bridgehead atoms. The minimum Gasteiger partial charge on any atom is -0.319 e. The molecule has 1 fully saturated rings. The number of hydrogen-bond acceptors (Lipinski definition) is 3. The summed E-state index contributed by atoms with van der Waals surface area (Å²) >= 11 is 6.06. The molecule has 7 heteroatoms. The molecule has 1 N–H and O–H groups in total. The number of amides is 3. The van der Waals surface area contributed by atoms with Crippen LogP contribution in [0, 0.1) is 5.82 Å². The fourth-order valence-corrected chi connectivity index (χ4v) is 3.12. The van der Waals surface area contributed by atoms with E-state index in [1.54, 1.807) is 19.3 Å². The number of rotatable bonds is 4. The third-order valence-electron chi connectivity index (χ3n) is 4.12. The van der Waals surface area contributed by atoms with E-state index in [0.29, 0.717) is 12.0 Å². The number of carbonyl (C=O) groups is 2. The summed E-state index contributed by atoms with van der Waals surface area (Å²) in [5.41, 5.74) is 0.0365. The van der Waals surface area contributed by atoms with Crippen LogP contribution >= 0.6 is 11.6 Å². The molecule has 2 heterocycles. The SMILES string of the molecule is CC1(c2ccc(F)cc2Cl)NC(=O)N(CCc2ccncc2)C1=O. The number of hydrogen-bond donors (Lipinski definition) is 1. The summed E-state index contributed by atoms with van der Waals surface area (Å²) in [6.07, 6.45) is 3.84. The molecule has 5 nitrogen and oxygen atoms in total. The van der Waals surface area contributed by atoms with Gasteiger partial charge in [0.15, 0.2) is 0 Å². The van der Waals surface area contributed by atoms with E-state index in [-0.39, 0.29) is 11.6 Å². The maximum atomic E-state index is 13.2. The van der Waals surface area contributed by atoms with E-state index in [1.807, 2.05) is 12.1 Å². The largest absolute Gasteiger partial charge is 0.325 e. The molecule has 1 aliphatic rings. The average Bonchev–Trinajstić information content (AvgIpc) is 2.76. The molecule has 0 spiro atoms. The first-order valence-corrected chi connectivity index (χ1v) is 7.78. The third kappa shape index (κ3) is 2.85. The van der Waals surface area contributed by atoms with Crippen LogP contribution in [0.4, 0.5) is 9.18 Å². The zero-order valence-corrected chi connectivity index (χ0v) is 13.7. The van der Waals surface area contributed by atoms with Crippen LogP contribution in [-0.4, -0.2) is 28.4 Å². The van der Waals surface area contributed by atoms with Gasteiger partial charge in [-0.25, -0.2) is 9.18 Å². The van der Waals surface area contributed by atoms with Crippen LogP contribution in [-0.2, 0) is 16.8 Å². The second-order valence-electron chi connectivity index (χ2n) is 5.74. The van der Waals surface area contributed by atoms with Crippen molar-refractivity contribution in [1.82, 2.24) is 15.2 Å². The van der Waals surface area contributed by atoms with Gasteiger partial charge in [-0.2, -0.15) is 0 Å². The molecule has 0 aliphatic carbocycles. The fraction of sp³-hybridized carbons (Fsp3) is 0.235. The Morgan fingerprint density at radius 3 is 2.62 bits per heavy atom. The lowest BCUT2D eigenvalue weighted by Gasteiger charge is -2.23. The smallest absolute Gasteiger partial charge is 0.319 e. The monoisotopic (exact) mass is 347 g/mol. The number of halogens is 2. The summed E-state index contributed by atoms with van der Waals surface area (Å²) < 4.78 is 13.2. The lowest BCUT2D eigenvalue weighted by molar-refractivity contribution is -0.131. The Bertz CT molecular complexity index is 800. The summed E-state index contributed by atoms with van der Waals surface area (Å²) in [6.45, 7) is 1.81. The normalized spacial score (nSPS) is 20.4. The standard InChI is InChI=1S/C17H15ClFN3O2/c1-17(13-3-2-12(19)10-14(13)18)15(23)22(16(24)21-17)9-6-11-4-7-20-8-5-11/h2-5,7-8,10H,6,9H2,1H3,(H,21,24). The van der Waals surface area contributed by atoms with E-state index >= 15 is 0 Å². The van der Waals surface area contributed by atoms with Gasteiger partial charge in [0.25, 0.3) is 5.91 Å². The van der Waals surface area contributed by atoms with Crippen LogP contribution < -0.4 is 5.32 Å². The summed E-state index contributed by atoms with van der Waals surface area (Å²) in [5.74, 6) is -0.909. The van der Waals surface area contributed by atoms with Crippen molar-refractivity contribution in [2.24, 2.45) is 0 Å². The maximum Gasteiger partial charge on any atom is 0.325 e. The molecule has 1 atom stereocenters. The molecule has 1 aliphatic heterocycles. The van der Waals surface area contributed by atoms with Crippen molar-refractivity contribution >= 4 is 23.5 Å². The van der Waals surface area contributed by atoms with E-state index in [9.17, 15) is 14.0 Å². The average molecular weight is 348 g/mol. The second kappa shape index (κ2) is 6.20. The number of nitrogens with zero attached hydrogens (tertiary/aromatic N) is 2. The fourth-order valence-electron chi connectivity index (χ4n) is 2.77. The van der Waals surface area contributed by atoms with E-state index in [2.05, 4.69) is 10.3 Å². The minimum absolute atomic E-state index is 0.0992. The van der Waals surface area contributed by atoms with Gasteiger partial charge >= 0.3 is 6.03 Å². The van der Waals surface area contributed by atoms with Crippen LogP contribution in [0.25, 0.3) is 0 Å². The van der Waals surface area contributed by atoms with Crippen LogP contribution in [0.3, 0.4) is 0 Å². The number of imide groups is 1. The predicted octanol–water partition coefficient (Wildman–Crippen LogP) is 2.88. The molecular formula is C17H15ClFN3O2. The number of aromatic nitrogens is 1. The van der Waals surface area contributed by atoms with Gasteiger partial charge in [0.2, 0.25) is 0 Å². The maximum absolute atomic E-state index is 13.2. The van der Waals surface area contributed by atoms with Gasteiger partial charge < -0.3 is 5.32 Å². The van der Waals surface area contributed by atoms with Gasteiger partial charge in [0, 0.05) is 29.5 Å². The highest BCUT2D eigenvalue weighted by atomic mass is 35.5. The van der Waals surface area contributed by atoms with Crippen molar-refractivity contribution < 1.29 is 14.0 Å². The highest BCUT2D eigenvalue weighted by Gasteiger charge is 2.49. The highest BCUT2D eigenvalue weighted by molar-refractivity contribution is 6.32. The first kappa shape index (κ1) is 16.4. The van der Waals surface area contributed by atoms with Crippen LogP contribution in [0.5, 0.6) is 0 Å². The molecule has 0 saturated carbocycles. The molecule has 1 aromatic carbocycles. The Labute approximate surface area is 143 Å². The van der Waals surface area contributed by atoms with Crippen molar-refractivity contribution in [3.8, 4) is 0 Å². The van der Waals surface area contributed by atoms with Crippen molar-refractivity contribution in [3.63, 3.8) is 0 Å². The highest BCUT2D eigenvalue weighted by Crippen LogP contribution is 2.34. The summed E-state index contributed by atoms with van der Waals surface area (Å²) in [6, 6.07) is 6.93. The Morgan fingerprint density at radius 1 is 1.25 bits per heavy atom. The molecule has 2 aromatic rings. The third-order valence-corrected chi connectivity index (χ3v) is 4.43. The number of nitrogens with one attached hydrogen (secondary N) is 1. The molecule has 1 saturated heterocycles. The van der Waals surface area contributed by atoms with Gasteiger partial charge in [-0.05, 0) is 43.2 Å². The van der Waals surface area contributed by atoms with Gasteiger partial charge in [-0.1, -0.05) is 17.7 Å². The van der Waals surface area contributed by atoms with Crippen molar-refractivity contribution in [2.45, 2.75) is 18.9 Å². The Morgan fingerprint density at radius 2 is 1.96 bits per heavy atom. The van der Waals surface area contributed by atoms with Crippen LogP contribution in [0.1, 0.15) is 18.1 Å². The lowest BCUT2D eigenvalue weighted by atomic mass is 9.92. The molecule has 1 aromatic heterocycles. The number of benzene rings is 1. The van der Waals surface area contributed by atoms with Crippen LogP contribution in [0.15, 0.2) is 42.7 Å². The molecule has 124 valence electrons. The molecule has 3 rings (SSSR count). The molecule has 24 heavy (non-hydrogen) atoms. The number of carbonyl (C=O) groups excluding carboxylic acids is 2. The zero-order valence-electron chi connectivity index (χ0n) is 12.9. The Balaban J connectivity index is 1.82. The predicted molar refractivity (Wildman–Crippen MR) is 86.9 cm³/mol. The van der Waals surface area contributed by atoms with Gasteiger partial charge in [-0.15, -0.1) is 0 Å². The summed E-state index contributed by atoms with van der Waals surface area (Å²) in [4.78, 5) is 30.1. The second-order valence-corrected chi connectivity index (χ2v) is 6.15. The summed E-state index contributed by atoms with van der Waals surface area (Å²) in [7, 11) is 0. The van der Waals surface area contributed by atoms with E-state index in [4.69, 9.17) is 11.6 Å². The zero-order chi connectivity index (χ0) is 17.3. The minimum atomic E-state index is -1.31. The molecule has 1 unspecified atom stereocenters. The summed E-state index contributed by atoms with van der Waals surface area (Å²) in [5, 5.41) is 2.76. The van der Waals surface area contributed by atoms with E-state index in [0.717, 1.165) is 16.5 Å². The van der Waals surface area contributed by atoms with E-state index in [1.165, 1.54) is 12.1 Å². The topological polar surface area (TPSA) is 62.3 Å². The van der Waals surface area contributed by atoms with Gasteiger partial charge in [0.1, 0.15) is 11.4 Å². The molecule has 0 radical (unpaired) electrons. The van der Waals surface area contributed by atoms with Crippen LogP contribution in [0.2, 0.25) is 5.02 Å². The van der Waals surface area contributed by atoms with Gasteiger partial charge in [0.05, 0.1) is 0 Å². The van der Waals surface area contributed by atoms with Gasteiger partial charge in [-0.3, -0.25) is 14.7 Å². The molecule has 3 amide bonds. The number of pyridine rings is 1.